The molecule has 0 saturated carbocycles. The Morgan fingerprint density at radius 2 is 2.10 bits per heavy atom. The second-order valence-corrected chi connectivity index (χ2v) is 4.62. The molecule has 4 nitrogen and oxygen atoms in total. The van der Waals surface area contributed by atoms with E-state index in [2.05, 4.69) is 11.9 Å². The Morgan fingerprint density at radius 3 is 2.65 bits per heavy atom. The van der Waals surface area contributed by atoms with Crippen molar-refractivity contribution in [2.75, 3.05) is 12.8 Å². The van der Waals surface area contributed by atoms with E-state index >= 15 is 0 Å². The van der Waals surface area contributed by atoms with Gasteiger partial charge in [-0.3, -0.25) is 0 Å². The molecule has 0 spiro atoms. The number of methoxy groups -OCH3 is 1. The maximum absolute atomic E-state index is 13.8. The van der Waals surface area contributed by atoms with Crippen molar-refractivity contribution in [3.63, 3.8) is 0 Å². The number of nitrogens with two attached hydrogens (primary N) is 1. The van der Waals surface area contributed by atoms with E-state index in [-0.39, 0.29) is 5.75 Å². The summed E-state index contributed by atoms with van der Waals surface area (Å²) in [5.41, 5.74) is 7.47. The number of nitrogens with zero attached hydrogens (tertiary/aromatic N) is 2. The zero-order chi connectivity index (χ0) is 14.7. The first-order valence-electron chi connectivity index (χ1n) is 6.81. The largest absolute Gasteiger partial charge is 0.494 e. The van der Waals surface area contributed by atoms with Crippen molar-refractivity contribution in [2.24, 2.45) is 0 Å². The summed E-state index contributed by atoms with van der Waals surface area (Å²) in [6, 6.07) is 4.78. The van der Waals surface area contributed by atoms with Gasteiger partial charge in [0, 0.05) is 18.5 Å². The van der Waals surface area contributed by atoms with Crippen molar-refractivity contribution >= 4 is 5.82 Å². The van der Waals surface area contributed by atoms with Crippen molar-refractivity contribution in [2.45, 2.75) is 33.2 Å². The van der Waals surface area contributed by atoms with Crippen molar-refractivity contribution < 1.29 is 9.13 Å². The number of anilines is 1. The number of aromatic nitrogens is 2. The molecular weight excluding hydrogens is 257 g/mol. The molecule has 2 rings (SSSR count). The minimum Gasteiger partial charge on any atom is -0.494 e. The first-order valence-corrected chi connectivity index (χ1v) is 6.81. The van der Waals surface area contributed by atoms with Gasteiger partial charge in [-0.15, -0.1) is 0 Å². The Morgan fingerprint density at radius 1 is 1.35 bits per heavy atom. The molecule has 2 N–H and O–H groups in total. The van der Waals surface area contributed by atoms with Crippen LogP contribution in [0, 0.1) is 5.82 Å². The van der Waals surface area contributed by atoms with Crippen LogP contribution >= 0.6 is 0 Å². The SMILES string of the molecule is CCCn1c(CC)nc(-c2ccc(OC)c(F)c2)c1N. The van der Waals surface area contributed by atoms with Gasteiger partial charge in [0.05, 0.1) is 7.11 Å². The lowest BCUT2D eigenvalue weighted by Crippen LogP contribution is -2.06. The number of halogens is 1. The zero-order valence-corrected chi connectivity index (χ0v) is 12.1. The monoisotopic (exact) mass is 277 g/mol. The Kier molecular flexibility index (Phi) is 4.27. The molecule has 0 aliphatic rings. The number of imidazole rings is 1. The molecule has 0 bridgehead atoms. The quantitative estimate of drug-likeness (QED) is 0.912. The van der Waals surface area contributed by atoms with E-state index in [9.17, 15) is 4.39 Å². The molecule has 0 aliphatic carbocycles. The molecule has 0 aliphatic heterocycles. The van der Waals surface area contributed by atoms with Gasteiger partial charge < -0.3 is 15.0 Å². The number of rotatable bonds is 5. The van der Waals surface area contributed by atoms with E-state index in [0.717, 1.165) is 25.2 Å². The maximum atomic E-state index is 13.8. The third kappa shape index (κ3) is 2.48. The highest BCUT2D eigenvalue weighted by Crippen LogP contribution is 2.30. The van der Waals surface area contributed by atoms with Crippen LogP contribution in [0.4, 0.5) is 10.2 Å². The summed E-state index contributed by atoms with van der Waals surface area (Å²) in [6.45, 7) is 4.94. The minimum atomic E-state index is -0.410. The summed E-state index contributed by atoms with van der Waals surface area (Å²) in [4.78, 5) is 4.54. The van der Waals surface area contributed by atoms with Crippen LogP contribution in [0.25, 0.3) is 11.3 Å². The molecule has 20 heavy (non-hydrogen) atoms. The first kappa shape index (κ1) is 14.4. The predicted octanol–water partition coefficient (Wildman–Crippen LogP) is 3.25. The van der Waals surface area contributed by atoms with Gasteiger partial charge in [0.25, 0.3) is 0 Å². The third-order valence-corrected chi connectivity index (χ3v) is 3.27. The van der Waals surface area contributed by atoms with Crippen LogP contribution in [0.1, 0.15) is 26.1 Å². The molecule has 0 fully saturated rings. The molecule has 1 aromatic heterocycles. The van der Waals surface area contributed by atoms with Gasteiger partial charge in [0.2, 0.25) is 0 Å². The minimum absolute atomic E-state index is 0.219. The summed E-state index contributed by atoms with van der Waals surface area (Å²) in [5, 5.41) is 0. The fraction of sp³-hybridized carbons (Fsp3) is 0.400. The van der Waals surface area contributed by atoms with Crippen molar-refractivity contribution in [1.29, 1.82) is 0 Å². The highest BCUT2D eigenvalue weighted by atomic mass is 19.1. The van der Waals surface area contributed by atoms with Gasteiger partial charge in [0.15, 0.2) is 11.6 Å². The van der Waals surface area contributed by atoms with E-state index in [0.29, 0.717) is 17.1 Å². The highest BCUT2D eigenvalue weighted by molar-refractivity contribution is 5.71. The summed E-state index contributed by atoms with van der Waals surface area (Å²) >= 11 is 0. The third-order valence-electron chi connectivity index (χ3n) is 3.27. The topological polar surface area (TPSA) is 53.1 Å². The van der Waals surface area contributed by atoms with Crippen molar-refractivity contribution in [3.05, 3.63) is 29.8 Å². The van der Waals surface area contributed by atoms with Crippen molar-refractivity contribution in [3.8, 4) is 17.0 Å². The van der Waals surface area contributed by atoms with Gasteiger partial charge in [-0.25, -0.2) is 9.37 Å². The lowest BCUT2D eigenvalue weighted by atomic mass is 10.1. The molecule has 0 atom stereocenters. The number of aryl methyl sites for hydroxylation is 1. The standard InChI is InChI=1S/C15H20FN3O/c1-4-8-19-13(5-2)18-14(15(19)17)10-6-7-12(20-3)11(16)9-10/h6-7,9H,4-5,8,17H2,1-3H3. The van der Waals surface area contributed by atoms with Crippen LogP contribution in [-0.4, -0.2) is 16.7 Å². The first-order chi connectivity index (χ1) is 9.62. The molecule has 0 amide bonds. The molecular formula is C15H20FN3O. The number of hydrogen-bond acceptors (Lipinski definition) is 3. The second kappa shape index (κ2) is 5.94. The smallest absolute Gasteiger partial charge is 0.165 e. The Hall–Kier alpha value is -2.04. The Bertz CT molecular complexity index is 607. The van der Waals surface area contributed by atoms with E-state index in [1.807, 2.05) is 11.5 Å². The second-order valence-electron chi connectivity index (χ2n) is 4.62. The Labute approximate surface area is 118 Å². The number of nitrogen functional groups attached to an aromatic ring is 1. The fourth-order valence-corrected chi connectivity index (χ4v) is 2.28. The van der Waals surface area contributed by atoms with E-state index in [1.165, 1.54) is 13.2 Å². The van der Waals surface area contributed by atoms with E-state index in [4.69, 9.17) is 10.5 Å². The van der Waals surface area contributed by atoms with Gasteiger partial charge in [-0.2, -0.15) is 0 Å². The van der Waals surface area contributed by atoms with Gasteiger partial charge in [-0.1, -0.05) is 13.8 Å². The van der Waals surface area contributed by atoms with Crippen LogP contribution in [0.2, 0.25) is 0 Å². The van der Waals surface area contributed by atoms with Crippen LogP contribution in [0.3, 0.4) is 0 Å². The predicted molar refractivity (Wildman–Crippen MR) is 78.3 cm³/mol. The summed E-state index contributed by atoms with van der Waals surface area (Å²) in [6.07, 6.45) is 1.77. The van der Waals surface area contributed by atoms with Crippen molar-refractivity contribution in [1.82, 2.24) is 9.55 Å². The van der Waals surface area contributed by atoms with Gasteiger partial charge in [0.1, 0.15) is 17.3 Å². The molecule has 1 aromatic carbocycles. The lowest BCUT2D eigenvalue weighted by molar-refractivity contribution is 0.386. The summed E-state index contributed by atoms with van der Waals surface area (Å²) in [5.74, 6) is 1.33. The average Bonchev–Trinajstić information content (AvgIpc) is 2.76. The number of hydrogen-bond donors (Lipinski definition) is 1. The van der Waals surface area contributed by atoms with E-state index in [1.54, 1.807) is 12.1 Å². The van der Waals surface area contributed by atoms with E-state index < -0.39 is 5.82 Å². The number of benzene rings is 1. The van der Waals surface area contributed by atoms with Gasteiger partial charge >= 0.3 is 0 Å². The molecule has 108 valence electrons. The van der Waals surface area contributed by atoms with Crippen LogP contribution in [-0.2, 0) is 13.0 Å². The maximum Gasteiger partial charge on any atom is 0.165 e. The van der Waals surface area contributed by atoms with Crippen LogP contribution in [0.5, 0.6) is 5.75 Å². The number of ether oxygens (including phenoxy) is 1. The van der Waals surface area contributed by atoms with Gasteiger partial charge in [-0.05, 0) is 24.6 Å². The lowest BCUT2D eigenvalue weighted by Gasteiger charge is -2.07. The molecule has 5 heteroatoms. The molecule has 0 unspecified atom stereocenters. The summed E-state index contributed by atoms with van der Waals surface area (Å²) in [7, 11) is 1.44. The normalized spacial score (nSPS) is 10.8. The molecule has 0 saturated heterocycles. The highest BCUT2D eigenvalue weighted by Gasteiger charge is 2.16. The molecule has 2 aromatic rings. The fourth-order valence-electron chi connectivity index (χ4n) is 2.28. The Balaban J connectivity index is 2.50. The molecule has 1 heterocycles. The zero-order valence-electron chi connectivity index (χ0n) is 12.1. The van der Waals surface area contributed by atoms with Crippen LogP contribution in [0.15, 0.2) is 18.2 Å². The molecule has 0 radical (unpaired) electrons. The average molecular weight is 277 g/mol. The van der Waals surface area contributed by atoms with Crippen LogP contribution < -0.4 is 10.5 Å². The summed E-state index contributed by atoms with van der Waals surface area (Å²) < 4.78 is 20.7.